The molecule has 8 heteroatoms. The third-order valence-corrected chi connectivity index (χ3v) is 4.76. The van der Waals surface area contributed by atoms with Crippen molar-refractivity contribution in [3.63, 3.8) is 0 Å². The summed E-state index contributed by atoms with van der Waals surface area (Å²) in [4.78, 5) is 14.3. The number of hydrogen-bond acceptors (Lipinski definition) is 5. The van der Waals surface area contributed by atoms with Crippen LogP contribution < -0.4 is 4.72 Å². The number of aromatic nitrogens is 1. The number of rotatable bonds is 4. The molecule has 0 radical (unpaired) electrons. The maximum atomic E-state index is 11.8. The molecule has 0 unspecified atom stereocenters. The lowest BCUT2D eigenvalue weighted by Gasteiger charge is -2.05. The van der Waals surface area contributed by atoms with Crippen LogP contribution in [-0.4, -0.2) is 24.5 Å². The molecular weight excluding hydrogens is 276 g/mol. The van der Waals surface area contributed by atoms with E-state index in [0.29, 0.717) is 0 Å². The van der Waals surface area contributed by atoms with E-state index in [2.05, 4.69) is 9.71 Å². The van der Waals surface area contributed by atoms with E-state index in [9.17, 15) is 13.2 Å². The molecule has 0 aromatic carbocycles. The SMILES string of the molecule is O=C(O)c1ccc(NS(=O)(=O)c2cccs2)nc1. The van der Waals surface area contributed by atoms with Crippen molar-refractivity contribution >= 4 is 33.1 Å². The Balaban J connectivity index is 2.22. The second-order valence-electron chi connectivity index (χ2n) is 3.27. The van der Waals surface area contributed by atoms with Crippen molar-refractivity contribution < 1.29 is 18.3 Å². The van der Waals surface area contributed by atoms with Gasteiger partial charge in [-0.25, -0.2) is 18.2 Å². The smallest absolute Gasteiger partial charge is 0.337 e. The topological polar surface area (TPSA) is 96.4 Å². The zero-order chi connectivity index (χ0) is 13.2. The predicted octanol–water partition coefficient (Wildman–Crippen LogP) is 1.64. The number of nitrogens with one attached hydrogen (secondary N) is 1. The molecule has 0 bridgehead atoms. The first-order valence-electron chi connectivity index (χ1n) is 4.75. The summed E-state index contributed by atoms with van der Waals surface area (Å²) in [5, 5.41) is 10.3. The summed E-state index contributed by atoms with van der Waals surface area (Å²) in [5.41, 5.74) is -0.00549. The van der Waals surface area contributed by atoms with Gasteiger partial charge in [0.15, 0.2) is 0 Å². The Hall–Kier alpha value is -1.93. The number of aromatic carboxylic acids is 1. The number of thiophene rings is 1. The van der Waals surface area contributed by atoms with Gasteiger partial charge < -0.3 is 5.11 Å². The molecule has 94 valence electrons. The lowest BCUT2D eigenvalue weighted by Crippen LogP contribution is -2.12. The van der Waals surface area contributed by atoms with Crippen molar-refractivity contribution in [2.45, 2.75) is 4.21 Å². The molecule has 0 aliphatic carbocycles. The fourth-order valence-corrected chi connectivity index (χ4v) is 3.19. The van der Waals surface area contributed by atoms with Gasteiger partial charge in [-0.15, -0.1) is 11.3 Å². The van der Waals surface area contributed by atoms with Crippen molar-refractivity contribution in [1.29, 1.82) is 0 Å². The van der Waals surface area contributed by atoms with Crippen LogP contribution in [0.25, 0.3) is 0 Å². The van der Waals surface area contributed by atoms with Gasteiger partial charge >= 0.3 is 5.97 Å². The highest BCUT2D eigenvalue weighted by Crippen LogP contribution is 2.19. The molecule has 2 aromatic rings. The first kappa shape index (κ1) is 12.5. The van der Waals surface area contributed by atoms with Gasteiger partial charge in [-0.1, -0.05) is 6.07 Å². The Kier molecular flexibility index (Phi) is 3.30. The highest BCUT2D eigenvalue weighted by Gasteiger charge is 2.15. The van der Waals surface area contributed by atoms with Crippen molar-refractivity contribution in [3.8, 4) is 0 Å². The Morgan fingerprint density at radius 2 is 2.11 bits per heavy atom. The largest absolute Gasteiger partial charge is 0.478 e. The first-order chi connectivity index (χ1) is 8.49. The lowest BCUT2D eigenvalue weighted by molar-refractivity contribution is 0.0696. The maximum Gasteiger partial charge on any atom is 0.337 e. The van der Waals surface area contributed by atoms with Gasteiger partial charge in [0.25, 0.3) is 10.0 Å². The van der Waals surface area contributed by atoms with E-state index in [-0.39, 0.29) is 15.6 Å². The van der Waals surface area contributed by atoms with E-state index in [1.54, 1.807) is 11.4 Å². The predicted molar refractivity (Wildman–Crippen MR) is 66.3 cm³/mol. The molecule has 0 atom stereocenters. The van der Waals surface area contributed by atoms with Crippen LogP contribution >= 0.6 is 11.3 Å². The summed E-state index contributed by atoms with van der Waals surface area (Å²) in [6.07, 6.45) is 1.09. The first-order valence-corrected chi connectivity index (χ1v) is 7.11. The average Bonchev–Trinajstić information content (AvgIpc) is 2.83. The van der Waals surface area contributed by atoms with E-state index in [1.165, 1.54) is 18.2 Å². The Morgan fingerprint density at radius 1 is 1.33 bits per heavy atom. The van der Waals surface area contributed by atoms with Crippen LogP contribution in [0, 0.1) is 0 Å². The van der Waals surface area contributed by atoms with Crippen LogP contribution in [-0.2, 0) is 10.0 Å². The number of carbonyl (C=O) groups is 1. The van der Waals surface area contributed by atoms with E-state index < -0.39 is 16.0 Å². The summed E-state index contributed by atoms with van der Waals surface area (Å²) >= 11 is 1.08. The van der Waals surface area contributed by atoms with Gasteiger partial charge in [-0.3, -0.25) is 4.72 Å². The zero-order valence-corrected chi connectivity index (χ0v) is 10.5. The third-order valence-electron chi connectivity index (χ3n) is 2.01. The van der Waals surface area contributed by atoms with E-state index in [0.717, 1.165) is 17.5 Å². The second kappa shape index (κ2) is 4.75. The number of carboxylic acids is 1. The van der Waals surface area contributed by atoms with Gasteiger partial charge in [0.2, 0.25) is 0 Å². The van der Waals surface area contributed by atoms with Gasteiger partial charge in [-0.2, -0.15) is 0 Å². The van der Waals surface area contributed by atoms with Gasteiger partial charge in [0.1, 0.15) is 10.0 Å². The molecule has 2 heterocycles. The molecule has 0 aliphatic rings. The zero-order valence-electron chi connectivity index (χ0n) is 8.90. The minimum absolute atomic E-state index is 0.00549. The van der Waals surface area contributed by atoms with Crippen molar-refractivity contribution in [2.75, 3.05) is 4.72 Å². The number of sulfonamides is 1. The van der Waals surface area contributed by atoms with Crippen LogP contribution in [0.2, 0.25) is 0 Å². The molecule has 2 aromatic heterocycles. The third kappa shape index (κ3) is 2.66. The molecule has 2 N–H and O–H groups in total. The summed E-state index contributed by atoms with van der Waals surface area (Å²) in [6.45, 7) is 0. The van der Waals surface area contributed by atoms with Crippen LogP contribution in [0.15, 0.2) is 40.1 Å². The highest BCUT2D eigenvalue weighted by molar-refractivity contribution is 7.94. The molecule has 0 aliphatic heterocycles. The molecule has 18 heavy (non-hydrogen) atoms. The van der Waals surface area contributed by atoms with Crippen LogP contribution in [0.5, 0.6) is 0 Å². The van der Waals surface area contributed by atoms with Gasteiger partial charge in [0.05, 0.1) is 5.56 Å². The van der Waals surface area contributed by atoms with Crippen molar-refractivity contribution in [1.82, 2.24) is 4.98 Å². The number of anilines is 1. The molecule has 0 fully saturated rings. The van der Waals surface area contributed by atoms with Crippen LogP contribution in [0.1, 0.15) is 10.4 Å². The number of carboxylic acid groups (broad SMARTS) is 1. The van der Waals surface area contributed by atoms with Crippen molar-refractivity contribution in [2.24, 2.45) is 0 Å². The second-order valence-corrected chi connectivity index (χ2v) is 6.13. The molecule has 0 spiro atoms. The highest BCUT2D eigenvalue weighted by atomic mass is 32.2. The average molecular weight is 284 g/mol. The Bertz CT molecular complexity index is 648. The molecule has 0 amide bonds. The van der Waals surface area contributed by atoms with Crippen molar-refractivity contribution in [3.05, 3.63) is 41.4 Å². The van der Waals surface area contributed by atoms with E-state index in [1.807, 2.05) is 0 Å². The molecule has 6 nitrogen and oxygen atoms in total. The van der Waals surface area contributed by atoms with Gasteiger partial charge in [-0.05, 0) is 23.6 Å². The molecule has 0 saturated carbocycles. The molecule has 2 rings (SSSR count). The minimum Gasteiger partial charge on any atom is -0.478 e. The number of nitrogens with zero attached hydrogens (tertiary/aromatic N) is 1. The Labute approximate surface area is 107 Å². The fraction of sp³-hybridized carbons (Fsp3) is 0. The summed E-state index contributed by atoms with van der Waals surface area (Å²) in [7, 11) is -3.64. The fourth-order valence-electron chi connectivity index (χ4n) is 1.19. The molecule has 0 saturated heterocycles. The van der Waals surface area contributed by atoms with E-state index >= 15 is 0 Å². The molecular formula is C10H8N2O4S2. The summed E-state index contributed by atoms with van der Waals surface area (Å²) < 4.78 is 26.1. The van der Waals surface area contributed by atoms with E-state index in [4.69, 9.17) is 5.11 Å². The standard InChI is InChI=1S/C10H8N2O4S2/c13-10(14)7-3-4-8(11-6-7)12-18(15,16)9-2-1-5-17-9/h1-6H,(H,11,12)(H,13,14). The van der Waals surface area contributed by atoms with Crippen LogP contribution in [0.3, 0.4) is 0 Å². The normalized spacial score (nSPS) is 11.1. The summed E-state index contributed by atoms with van der Waals surface area (Å²) in [6, 6.07) is 5.68. The van der Waals surface area contributed by atoms with Crippen LogP contribution in [0.4, 0.5) is 5.82 Å². The monoisotopic (exact) mass is 284 g/mol. The van der Waals surface area contributed by atoms with Gasteiger partial charge in [0, 0.05) is 6.20 Å². The minimum atomic E-state index is -3.64. The quantitative estimate of drug-likeness (QED) is 0.889. The lowest BCUT2D eigenvalue weighted by atomic mass is 10.3. The Morgan fingerprint density at radius 3 is 2.61 bits per heavy atom. The number of pyridine rings is 1. The number of hydrogen-bond donors (Lipinski definition) is 2. The summed E-state index contributed by atoms with van der Waals surface area (Å²) in [5.74, 6) is -1.04. The maximum absolute atomic E-state index is 11.8.